The third kappa shape index (κ3) is 3.71. The Labute approximate surface area is 169 Å². The minimum atomic E-state index is -1.38. The first-order valence-electron chi connectivity index (χ1n) is 8.75. The van der Waals surface area contributed by atoms with E-state index in [1.807, 2.05) is 24.4 Å². The van der Waals surface area contributed by atoms with Crippen molar-refractivity contribution in [1.82, 2.24) is 19.6 Å². The van der Waals surface area contributed by atoms with Gasteiger partial charge in [0.05, 0.1) is 22.5 Å². The highest BCUT2D eigenvalue weighted by atomic mass is 16.6. The van der Waals surface area contributed by atoms with Crippen molar-refractivity contribution in [3.05, 3.63) is 70.5 Å². The van der Waals surface area contributed by atoms with Crippen LogP contribution in [0.5, 0.6) is 0 Å². The van der Waals surface area contributed by atoms with Gasteiger partial charge in [0, 0.05) is 17.3 Å². The first-order valence-corrected chi connectivity index (χ1v) is 8.75. The van der Waals surface area contributed by atoms with Crippen molar-refractivity contribution in [2.45, 2.75) is 6.92 Å². The molecule has 3 aromatic heterocycles. The smallest absolute Gasteiger partial charge is 0.409 e. The Hall–Kier alpha value is -4.54. The number of anilines is 3. The van der Waals surface area contributed by atoms with Gasteiger partial charge in [-0.3, -0.25) is 20.4 Å². The first-order chi connectivity index (χ1) is 14.4. The number of aromatic nitrogens is 4. The second-order valence-corrected chi connectivity index (χ2v) is 6.35. The summed E-state index contributed by atoms with van der Waals surface area (Å²) < 4.78 is 1.55. The Bertz CT molecular complexity index is 1270. The lowest BCUT2D eigenvalue weighted by atomic mass is 10.1. The van der Waals surface area contributed by atoms with Crippen molar-refractivity contribution in [2.75, 3.05) is 10.6 Å². The molecule has 0 fully saturated rings. The van der Waals surface area contributed by atoms with Crippen molar-refractivity contribution in [3.63, 3.8) is 0 Å². The maximum atomic E-state index is 11.4. The van der Waals surface area contributed by atoms with Crippen LogP contribution in [0.3, 0.4) is 0 Å². The fourth-order valence-electron chi connectivity index (χ4n) is 2.91. The highest BCUT2D eigenvalue weighted by Gasteiger charge is 2.18. The molecule has 4 rings (SSSR count). The molecule has 3 N–H and O–H groups in total. The van der Waals surface area contributed by atoms with Gasteiger partial charge in [0.1, 0.15) is 5.69 Å². The highest BCUT2D eigenvalue weighted by Crippen LogP contribution is 2.31. The van der Waals surface area contributed by atoms with Crippen LogP contribution in [-0.2, 0) is 0 Å². The first kappa shape index (κ1) is 18.8. The number of nitrogens with one attached hydrogen (secondary N) is 2. The molecule has 4 aromatic rings. The Kier molecular flexibility index (Phi) is 4.68. The van der Waals surface area contributed by atoms with Crippen LogP contribution >= 0.6 is 0 Å². The monoisotopic (exact) mass is 405 g/mol. The molecule has 0 aliphatic heterocycles. The molecule has 150 valence electrons. The number of nitrogens with zero attached hydrogens (tertiary/aromatic N) is 5. The third-order valence-corrected chi connectivity index (χ3v) is 4.26. The predicted molar refractivity (Wildman–Crippen MR) is 109 cm³/mol. The topological polar surface area (TPSA) is 148 Å². The van der Waals surface area contributed by atoms with Gasteiger partial charge >= 0.3 is 6.09 Å². The number of carbonyl (C=O) groups is 1. The minimum Gasteiger partial charge on any atom is -0.465 e. The van der Waals surface area contributed by atoms with Crippen LogP contribution in [0.15, 0.2) is 54.7 Å². The molecule has 11 heteroatoms. The fraction of sp³-hybridized carbons (Fsp3) is 0.0526. The van der Waals surface area contributed by atoms with Crippen molar-refractivity contribution >= 4 is 34.8 Å². The number of amides is 1. The van der Waals surface area contributed by atoms with Crippen LogP contribution in [-0.4, -0.2) is 35.7 Å². The van der Waals surface area contributed by atoms with Crippen LogP contribution in [0, 0.1) is 17.0 Å². The second kappa shape index (κ2) is 7.47. The van der Waals surface area contributed by atoms with Crippen LogP contribution in [0.25, 0.3) is 16.9 Å². The van der Waals surface area contributed by atoms with E-state index in [2.05, 4.69) is 20.4 Å². The van der Waals surface area contributed by atoms with E-state index in [9.17, 15) is 14.9 Å². The van der Waals surface area contributed by atoms with E-state index in [4.69, 9.17) is 5.11 Å². The molecule has 11 nitrogen and oxygen atoms in total. The molecular formula is C19H15N7O4. The SMILES string of the molecule is Cc1ccc(Nc2nc3cccc(-c4ccc(NC(=O)O)c([N+](=O)[O-])c4)n3n2)cn1. The lowest BCUT2D eigenvalue weighted by Gasteiger charge is -2.07. The Morgan fingerprint density at radius 2 is 2.03 bits per heavy atom. The molecule has 0 saturated heterocycles. The highest BCUT2D eigenvalue weighted by molar-refractivity contribution is 5.87. The summed E-state index contributed by atoms with van der Waals surface area (Å²) in [5.74, 6) is 0.340. The second-order valence-electron chi connectivity index (χ2n) is 6.35. The number of nitro groups is 1. The molecule has 0 atom stereocenters. The molecule has 1 aromatic carbocycles. The number of benzene rings is 1. The van der Waals surface area contributed by atoms with E-state index >= 15 is 0 Å². The number of aryl methyl sites for hydroxylation is 1. The van der Waals surface area contributed by atoms with Gasteiger partial charge in [-0.25, -0.2) is 9.31 Å². The Morgan fingerprint density at radius 1 is 1.20 bits per heavy atom. The van der Waals surface area contributed by atoms with Crippen molar-refractivity contribution in [2.24, 2.45) is 0 Å². The van der Waals surface area contributed by atoms with Crippen LogP contribution < -0.4 is 10.6 Å². The normalized spacial score (nSPS) is 10.7. The number of nitro benzene ring substituents is 1. The van der Waals surface area contributed by atoms with Gasteiger partial charge in [-0.15, -0.1) is 5.10 Å². The van der Waals surface area contributed by atoms with Gasteiger partial charge in [0.15, 0.2) is 5.65 Å². The summed E-state index contributed by atoms with van der Waals surface area (Å²) in [6, 6.07) is 13.2. The number of hydrogen-bond donors (Lipinski definition) is 3. The minimum absolute atomic E-state index is 0.115. The van der Waals surface area contributed by atoms with E-state index in [0.717, 1.165) is 11.4 Å². The van der Waals surface area contributed by atoms with E-state index in [1.165, 1.54) is 12.1 Å². The van der Waals surface area contributed by atoms with Crippen molar-refractivity contribution in [3.8, 4) is 11.3 Å². The van der Waals surface area contributed by atoms with Crippen LogP contribution in [0.1, 0.15) is 5.69 Å². The summed E-state index contributed by atoms with van der Waals surface area (Å²) in [4.78, 5) is 30.3. The van der Waals surface area contributed by atoms with Crippen molar-refractivity contribution in [1.29, 1.82) is 0 Å². The summed E-state index contributed by atoms with van der Waals surface area (Å²) in [6.07, 6.45) is 0.282. The van der Waals surface area contributed by atoms with Crippen LogP contribution in [0.4, 0.5) is 27.8 Å². The summed E-state index contributed by atoms with van der Waals surface area (Å²) in [6.45, 7) is 1.88. The predicted octanol–water partition coefficient (Wildman–Crippen LogP) is 3.84. The average Bonchev–Trinajstić information content (AvgIpc) is 3.12. The van der Waals surface area contributed by atoms with Gasteiger partial charge in [-0.1, -0.05) is 12.1 Å². The number of hydrogen-bond acceptors (Lipinski definition) is 7. The maximum Gasteiger partial charge on any atom is 0.409 e. The van der Waals surface area contributed by atoms with Gasteiger partial charge in [-0.05, 0) is 37.3 Å². The maximum absolute atomic E-state index is 11.4. The van der Waals surface area contributed by atoms with Gasteiger partial charge in [0.2, 0.25) is 5.95 Å². The standard InChI is InChI=1S/C19H15N7O4/c1-11-5-7-13(10-20-11)21-18-23-17-4-2-3-15(25(17)24-18)12-6-8-14(22-19(27)28)16(9-12)26(29)30/h2-10,22H,1H3,(H,21,24)(H,27,28). The number of carboxylic acid groups (broad SMARTS) is 1. The molecule has 0 radical (unpaired) electrons. The molecule has 0 bridgehead atoms. The Balaban J connectivity index is 1.74. The lowest BCUT2D eigenvalue weighted by molar-refractivity contribution is -0.383. The molecule has 0 spiro atoms. The summed E-state index contributed by atoms with van der Waals surface area (Å²) in [5.41, 5.74) is 2.69. The van der Waals surface area contributed by atoms with Gasteiger partial charge in [0.25, 0.3) is 5.69 Å². The average molecular weight is 405 g/mol. The molecule has 0 aliphatic carbocycles. The fourth-order valence-corrected chi connectivity index (χ4v) is 2.91. The number of rotatable bonds is 5. The van der Waals surface area contributed by atoms with Gasteiger partial charge in [-0.2, -0.15) is 4.98 Å². The van der Waals surface area contributed by atoms with E-state index in [-0.39, 0.29) is 11.4 Å². The summed E-state index contributed by atoms with van der Waals surface area (Å²) >= 11 is 0. The summed E-state index contributed by atoms with van der Waals surface area (Å²) in [7, 11) is 0. The molecule has 3 heterocycles. The van der Waals surface area contributed by atoms with E-state index in [0.29, 0.717) is 22.9 Å². The number of pyridine rings is 2. The van der Waals surface area contributed by atoms with Gasteiger partial charge < -0.3 is 10.4 Å². The largest absolute Gasteiger partial charge is 0.465 e. The van der Waals surface area contributed by atoms with E-state index < -0.39 is 11.0 Å². The zero-order valence-electron chi connectivity index (χ0n) is 15.6. The molecular weight excluding hydrogens is 390 g/mol. The lowest BCUT2D eigenvalue weighted by Crippen LogP contribution is -2.09. The molecule has 0 saturated carbocycles. The van der Waals surface area contributed by atoms with Crippen molar-refractivity contribution < 1.29 is 14.8 Å². The quantitative estimate of drug-likeness (QED) is 0.335. The molecule has 0 unspecified atom stereocenters. The van der Waals surface area contributed by atoms with Crippen LogP contribution in [0.2, 0.25) is 0 Å². The molecule has 0 aliphatic rings. The Morgan fingerprint density at radius 3 is 2.73 bits per heavy atom. The molecule has 1 amide bonds. The zero-order chi connectivity index (χ0) is 21.3. The zero-order valence-corrected chi connectivity index (χ0v) is 15.6. The molecule has 30 heavy (non-hydrogen) atoms. The van der Waals surface area contributed by atoms with E-state index in [1.54, 1.807) is 35.0 Å². The summed E-state index contributed by atoms with van der Waals surface area (Å²) in [5, 5.41) is 29.8. The number of fused-ring (bicyclic) bond motifs is 1. The third-order valence-electron chi connectivity index (χ3n) is 4.26.